The summed E-state index contributed by atoms with van der Waals surface area (Å²) in [4.78, 5) is 21.9. The van der Waals surface area contributed by atoms with Gasteiger partial charge in [0.2, 0.25) is 0 Å². The van der Waals surface area contributed by atoms with Crippen LogP contribution in [-0.4, -0.2) is 29.7 Å². The van der Waals surface area contributed by atoms with Crippen LogP contribution in [0.4, 0.5) is 4.79 Å². The van der Waals surface area contributed by atoms with Gasteiger partial charge in [-0.15, -0.1) is 0 Å². The van der Waals surface area contributed by atoms with E-state index < -0.39 is 11.9 Å². The van der Waals surface area contributed by atoms with Gasteiger partial charge < -0.3 is 15.7 Å². The van der Waals surface area contributed by atoms with E-state index in [4.69, 9.17) is 5.11 Å². The van der Waals surface area contributed by atoms with Crippen molar-refractivity contribution in [3.8, 4) is 0 Å². The molecule has 0 aliphatic carbocycles. The topological polar surface area (TPSA) is 78.4 Å². The Balaban J connectivity index is 3.78. The number of carbonyl (C=O) groups excluding carboxylic acids is 1. The average molecular weight is 230 g/mol. The van der Waals surface area contributed by atoms with Crippen molar-refractivity contribution < 1.29 is 14.7 Å². The smallest absolute Gasteiger partial charge is 0.315 e. The Morgan fingerprint density at radius 1 is 1.19 bits per heavy atom. The molecule has 3 N–H and O–H groups in total. The SMILES string of the molecule is CC(C)CC(C)NC(=O)NCC(C)C(=O)O. The summed E-state index contributed by atoms with van der Waals surface area (Å²) in [6, 6.07) is -0.207. The summed E-state index contributed by atoms with van der Waals surface area (Å²) >= 11 is 0. The summed E-state index contributed by atoms with van der Waals surface area (Å²) in [6.07, 6.45) is 0.905. The van der Waals surface area contributed by atoms with Crippen molar-refractivity contribution >= 4 is 12.0 Å². The normalized spacial score (nSPS) is 14.3. The monoisotopic (exact) mass is 230 g/mol. The first-order valence-electron chi connectivity index (χ1n) is 5.60. The van der Waals surface area contributed by atoms with Crippen molar-refractivity contribution in [2.75, 3.05) is 6.54 Å². The summed E-state index contributed by atoms with van der Waals surface area (Å²) < 4.78 is 0. The van der Waals surface area contributed by atoms with E-state index in [1.807, 2.05) is 6.92 Å². The van der Waals surface area contributed by atoms with Crippen LogP contribution in [0, 0.1) is 11.8 Å². The third kappa shape index (κ3) is 7.09. The standard InChI is InChI=1S/C11H22N2O3/c1-7(2)5-9(4)13-11(16)12-6-8(3)10(14)15/h7-9H,5-6H2,1-4H3,(H,14,15)(H2,12,13,16). The van der Waals surface area contributed by atoms with Gasteiger partial charge in [-0.05, 0) is 19.3 Å². The molecule has 0 bridgehead atoms. The number of urea groups is 1. The van der Waals surface area contributed by atoms with Crippen LogP contribution in [0.3, 0.4) is 0 Å². The van der Waals surface area contributed by atoms with E-state index in [0.29, 0.717) is 5.92 Å². The van der Waals surface area contributed by atoms with Crippen molar-refractivity contribution in [1.29, 1.82) is 0 Å². The Kier molecular flexibility index (Phi) is 6.53. The summed E-state index contributed by atoms with van der Waals surface area (Å²) in [5.41, 5.74) is 0. The van der Waals surface area contributed by atoms with E-state index in [-0.39, 0.29) is 18.6 Å². The van der Waals surface area contributed by atoms with Gasteiger partial charge in [0.1, 0.15) is 0 Å². The van der Waals surface area contributed by atoms with Crippen LogP contribution < -0.4 is 10.6 Å². The van der Waals surface area contributed by atoms with E-state index in [1.165, 1.54) is 0 Å². The minimum atomic E-state index is -0.907. The lowest BCUT2D eigenvalue weighted by atomic mass is 10.1. The predicted molar refractivity (Wildman–Crippen MR) is 62.3 cm³/mol. The van der Waals surface area contributed by atoms with Gasteiger partial charge in [0.25, 0.3) is 0 Å². The molecule has 0 aromatic rings. The molecule has 0 spiro atoms. The fourth-order valence-electron chi connectivity index (χ4n) is 1.37. The van der Waals surface area contributed by atoms with Gasteiger partial charge in [0, 0.05) is 12.6 Å². The second kappa shape index (κ2) is 7.09. The number of hydrogen-bond donors (Lipinski definition) is 3. The highest BCUT2D eigenvalue weighted by molar-refractivity contribution is 5.75. The Morgan fingerprint density at radius 2 is 1.75 bits per heavy atom. The van der Waals surface area contributed by atoms with Gasteiger partial charge in [-0.25, -0.2) is 4.79 Å². The predicted octanol–water partition coefficient (Wildman–Crippen LogP) is 1.44. The van der Waals surface area contributed by atoms with Crippen LogP contribution >= 0.6 is 0 Å². The van der Waals surface area contributed by atoms with Gasteiger partial charge in [0.15, 0.2) is 0 Å². The maximum Gasteiger partial charge on any atom is 0.315 e. The van der Waals surface area contributed by atoms with Crippen LogP contribution in [0.2, 0.25) is 0 Å². The minimum Gasteiger partial charge on any atom is -0.481 e. The van der Waals surface area contributed by atoms with Crippen LogP contribution in [0.15, 0.2) is 0 Å². The Morgan fingerprint density at radius 3 is 2.19 bits per heavy atom. The van der Waals surface area contributed by atoms with Crippen molar-refractivity contribution in [3.05, 3.63) is 0 Å². The molecule has 2 unspecified atom stereocenters. The molecule has 0 heterocycles. The van der Waals surface area contributed by atoms with E-state index >= 15 is 0 Å². The molecule has 0 saturated heterocycles. The zero-order valence-corrected chi connectivity index (χ0v) is 10.4. The van der Waals surface area contributed by atoms with Gasteiger partial charge in [-0.1, -0.05) is 20.8 Å². The summed E-state index contributed by atoms with van der Waals surface area (Å²) in [5.74, 6) is -0.949. The van der Waals surface area contributed by atoms with E-state index in [1.54, 1.807) is 6.92 Å². The number of nitrogens with one attached hydrogen (secondary N) is 2. The van der Waals surface area contributed by atoms with E-state index in [9.17, 15) is 9.59 Å². The number of rotatable bonds is 6. The Hall–Kier alpha value is -1.26. The molecule has 0 saturated carbocycles. The molecular weight excluding hydrogens is 208 g/mol. The maximum absolute atomic E-state index is 11.3. The highest BCUT2D eigenvalue weighted by atomic mass is 16.4. The first-order valence-corrected chi connectivity index (χ1v) is 5.60. The summed E-state index contributed by atoms with van der Waals surface area (Å²) in [7, 11) is 0. The first-order chi connectivity index (χ1) is 7.32. The van der Waals surface area contributed by atoms with Crippen molar-refractivity contribution in [2.45, 2.75) is 40.2 Å². The average Bonchev–Trinajstić information content (AvgIpc) is 2.12. The fraction of sp³-hybridized carbons (Fsp3) is 0.818. The Labute approximate surface area is 96.6 Å². The number of aliphatic carboxylic acids is 1. The van der Waals surface area contributed by atoms with Gasteiger partial charge in [0.05, 0.1) is 5.92 Å². The molecule has 2 amide bonds. The second-order valence-corrected chi connectivity index (χ2v) is 4.62. The number of carboxylic acids is 1. The molecule has 0 rings (SSSR count). The van der Waals surface area contributed by atoms with Crippen molar-refractivity contribution in [3.63, 3.8) is 0 Å². The minimum absolute atomic E-state index is 0.0973. The molecule has 0 aliphatic heterocycles. The molecule has 94 valence electrons. The molecular formula is C11H22N2O3. The highest BCUT2D eigenvalue weighted by Crippen LogP contribution is 2.03. The summed E-state index contributed by atoms with van der Waals surface area (Å²) in [5, 5.41) is 13.9. The third-order valence-corrected chi connectivity index (χ3v) is 2.19. The maximum atomic E-state index is 11.3. The largest absolute Gasteiger partial charge is 0.481 e. The van der Waals surface area contributed by atoms with Crippen LogP contribution in [0.5, 0.6) is 0 Å². The van der Waals surface area contributed by atoms with Crippen LogP contribution in [0.1, 0.15) is 34.1 Å². The number of carboxylic acid groups (broad SMARTS) is 1. The highest BCUT2D eigenvalue weighted by Gasteiger charge is 2.13. The Bertz CT molecular complexity index is 241. The van der Waals surface area contributed by atoms with Crippen molar-refractivity contribution in [2.24, 2.45) is 11.8 Å². The molecule has 5 heteroatoms. The molecule has 0 fully saturated rings. The lowest BCUT2D eigenvalue weighted by Gasteiger charge is -2.17. The van der Waals surface area contributed by atoms with Crippen LogP contribution in [0.25, 0.3) is 0 Å². The first kappa shape index (κ1) is 14.7. The fourth-order valence-corrected chi connectivity index (χ4v) is 1.37. The lowest BCUT2D eigenvalue weighted by molar-refractivity contribution is -0.140. The van der Waals surface area contributed by atoms with Gasteiger partial charge >= 0.3 is 12.0 Å². The third-order valence-electron chi connectivity index (χ3n) is 2.19. The molecule has 0 aromatic heterocycles. The molecule has 0 aliphatic rings. The second-order valence-electron chi connectivity index (χ2n) is 4.62. The lowest BCUT2D eigenvalue weighted by Crippen LogP contribution is -2.43. The zero-order chi connectivity index (χ0) is 12.7. The zero-order valence-electron chi connectivity index (χ0n) is 10.4. The van der Waals surface area contributed by atoms with Gasteiger partial charge in [-0.3, -0.25) is 4.79 Å². The number of carbonyl (C=O) groups is 2. The van der Waals surface area contributed by atoms with Crippen molar-refractivity contribution in [1.82, 2.24) is 10.6 Å². The molecule has 5 nitrogen and oxygen atoms in total. The van der Waals surface area contributed by atoms with E-state index in [2.05, 4.69) is 24.5 Å². The van der Waals surface area contributed by atoms with E-state index in [0.717, 1.165) is 6.42 Å². The summed E-state index contributed by atoms with van der Waals surface area (Å²) in [6.45, 7) is 7.81. The molecule has 2 atom stereocenters. The van der Waals surface area contributed by atoms with Gasteiger partial charge in [-0.2, -0.15) is 0 Å². The molecule has 16 heavy (non-hydrogen) atoms. The van der Waals surface area contributed by atoms with Crippen LogP contribution in [-0.2, 0) is 4.79 Å². The molecule has 0 radical (unpaired) electrons. The number of hydrogen-bond acceptors (Lipinski definition) is 2. The number of amides is 2. The quantitative estimate of drug-likeness (QED) is 0.646. The molecule has 0 aromatic carbocycles.